The molecule has 2 N–H and O–H groups in total. The minimum Gasteiger partial charge on any atom is -0.480 e. The van der Waals surface area contributed by atoms with Crippen LogP contribution in [0, 0.1) is 5.41 Å². The fourth-order valence-electron chi connectivity index (χ4n) is 3.77. The lowest BCUT2D eigenvalue weighted by molar-refractivity contribution is -0.166. The summed E-state index contributed by atoms with van der Waals surface area (Å²) in [6.07, 6.45) is 18.3. The lowest BCUT2D eigenvalue weighted by atomic mass is 9.78. The maximum absolute atomic E-state index is 11.8. The van der Waals surface area contributed by atoms with Crippen molar-refractivity contribution >= 4 is 11.9 Å². The van der Waals surface area contributed by atoms with E-state index in [1.54, 1.807) is 0 Å². The van der Waals surface area contributed by atoms with Crippen molar-refractivity contribution in [1.82, 2.24) is 0 Å². The van der Waals surface area contributed by atoms with Crippen LogP contribution in [0.1, 0.15) is 129 Å². The van der Waals surface area contributed by atoms with E-state index in [1.807, 2.05) is 0 Å². The van der Waals surface area contributed by atoms with Crippen molar-refractivity contribution in [2.24, 2.45) is 5.41 Å². The molecule has 0 unspecified atom stereocenters. The van der Waals surface area contributed by atoms with Crippen LogP contribution in [0.2, 0.25) is 0 Å². The zero-order valence-electron chi connectivity index (χ0n) is 17.9. The van der Waals surface area contributed by atoms with Gasteiger partial charge in [-0.1, -0.05) is 117 Å². The maximum Gasteiger partial charge on any atom is 0.321 e. The van der Waals surface area contributed by atoms with Crippen LogP contribution in [-0.2, 0) is 9.59 Å². The summed E-state index contributed by atoms with van der Waals surface area (Å²) >= 11 is 0. The Balaban J connectivity index is 4.14. The van der Waals surface area contributed by atoms with Crippen LogP contribution in [0.5, 0.6) is 0 Å². The van der Waals surface area contributed by atoms with Crippen LogP contribution in [0.4, 0.5) is 0 Å². The van der Waals surface area contributed by atoms with Crippen molar-refractivity contribution in [3.63, 3.8) is 0 Å². The van der Waals surface area contributed by atoms with Gasteiger partial charge in [0.25, 0.3) is 0 Å². The van der Waals surface area contributed by atoms with Crippen molar-refractivity contribution in [2.45, 2.75) is 129 Å². The van der Waals surface area contributed by atoms with Crippen molar-refractivity contribution < 1.29 is 19.8 Å². The normalized spacial score (nSPS) is 11.6. The molecule has 0 spiro atoms. The van der Waals surface area contributed by atoms with Gasteiger partial charge >= 0.3 is 11.9 Å². The standard InChI is InChI=1S/C23H44O4/c1-3-5-7-9-11-13-15-17-19-23(21(24)25,22(26)27)20-18-16-14-12-10-8-6-4-2/h3-20H2,1-2H3,(H,24,25)(H,26,27). The first-order chi connectivity index (χ1) is 13.0. The SMILES string of the molecule is CCCCCCCCCCC(CCCCCCCCCC)(C(=O)O)C(=O)O. The van der Waals surface area contributed by atoms with E-state index >= 15 is 0 Å². The smallest absolute Gasteiger partial charge is 0.321 e. The molecule has 0 aliphatic heterocycles. The van der Waals surface area contributed by atoms with Gasteiger partial charge in [0, 0.05) is 0 Å². The number of carboxylic acid groups (broad SMARTS) is 2. The quantitative estimate of drug-likeness (QED) is 0.172. The molecule has 4 heteroatoms. The fraction of sp³-hybridized carbons (Fsp3) is 0.913. The highest BCUT2D eigenvalue weighted by atomic mass is 16.4. The van der Waals surface area contributed by atoms with Gasteiger partial charge in [-0.05, 0) is 12.8 Å². The summed E-state index contributed by atoms with van der Waals surface area (Å²) in [6, 6.07) is 0. The average Bonchev–Trinajstić information content (AvgIpc) is 2.63. The van der Waals surface area contributed by atoms with Gasteiger partial charge in [0.1, 0.15) is 0 Å². The Hall–Kier alpha value is -1.06. The summed E-state index contributed by atoms with van der Waals surface area (Å²) in [6.45, 7) is 4.40. The molecule has 0 rings (SSSR count). The van der Waals surface area contributed by atoms with Crippen molar-refractivity contribution in [2.75, 3.05) is 0 Å². The van der Waals surface area contributed by atoms with Crippen LogP contribution in [0.25, 0.3) is 0 Å². The molecule has 0 aliphatic rings. The van der Waals surface area contributed by atoms with Crippen molar-refractivity contribution in [1.29, 1.82) is 0 Å². The second-order valence-corrected chi connectivity index (χ2v) is 8.14. The van der Waals surface area contributed by atoms with Gasteiger partial charge in [-0.25, -0.2) is 0 Å². The molecule has 0 aromatic carbocycles. The van der Waals surface area contributed by atoms with Gasteiger partial charge in [-0.2, -0.15) is 0 Å². The number of aliphatic carboxylic acids is 2. The third kappa shape index (κ3) is 12.1. The molecule has 0 saturated carbocycles. The molecule has 0 fully saturated rings. The number of hydrogen-bond donors (Lipinski definition) is 2. The summed E-state index contributed by atoms with van der Waals surface area (Å²) in [5, 5.41) is 19.2. The highest BCUT2D eigenvalue weighted by molar-refractivity contribution is 5.98. The van der Waals surface area contributed by atoms with Crippen LogP contribution in [-0.4, -0.2) is 22.2 Å². The number of carboxylic acids is 2. The van der Waals surface area contributed by atoms with E-state index in [4.69, 9.17) is 0 Å². The first kappa shape index (κ1) is 25.9. The van der Waals surface area contributed by atoms with Gasteiger partial charge in [0.2, 0.25) is 0 Å². The third-order valence-corrected chi connectivity index (χ3v) is 5.73. The van der Waals surface area contributed by atoms with Gasteiger partial charge in [-0.15, -0.1) is 0 Å². The Kier molecular flexibility index (Phi) is 16.4. The van der Waals surface area contributed by atoms with Gasteiger partial charge in [-0.3, -0.25) is 9.59 Å². The lowest BCUT2D eigenvalue weighted by Gasteiger charge is -2.25. The Bertz CT molecular complexity index is 343. The molecule has 0 saturated heterocycles. The molecular formula is C23H44O4. The zero-order valence-corrected chi connectivity index (χ0v) is 17.9. The topological polar surface area (TPSA) is 74.6 Å². The summed E-state index contributed by atoms with van der Waals surface area (Å²) in [7, 11) is 0. The van der Waals surface area contributed by atoms with Crippen LogP contribution >= 0.6 is 0 Å². The molecule has 160 valence electrons. The average molecular weight is 385 g/mol. The number of carbonyl (C=O) groups is 2. The summed E-state index contributed by atoms with van der Waals surface area (Å²) in [5.41, 5.74) is -1.58. The molecule has 0 aromatic rings. The zero-order chi connectivity index (χ0) is 20.4. The van der Waals surface area contributed by atoms with E-state index in [-0.39, 0.29) is 12.8 Å². The number of hydrogen-bond acceptors (Lipinski definition) is 2. The van der Waals surface area contributed by atoms with E-state index in [1.165, 1.54) is 64.2 Å². The molecule has 0 aliphatic carbocycles. The summed E-state index contributed by atoms with van der Waals surface area (Å²) in [5.74, 6) is -2.30. The third-order valence-electron chi connectivity index (χ3n) is 5.73. The minimum absolute atomic E-state index is 0.267. The molecule has 0 aromatic heterocycles. The van der Waals surface area contributed by atoms with Gasteiger partial charge in [0.15, 0.2) is 5.41 Å². The number of rotatable bonds is 20. The summed E-state index contributed by atoms with van der Waals surface area (Å²) < 4.78 is 0. The van der Waals surface area contributed by atoms with Gasteiger partial charge < -0.3 is 10.2 Å². The van der Waals surface area contributed by atoms with E-state index < -0.39 is 17.4 Å². The van der Waals surface area contributed by atoms with E-state index in [2.05, 4.69) is 13.8 Å². The Morgan fingerprint density at radius 3 is 1.04 bits per heavy atom. The largest absolute Gasteiger partial charge is 0.480 e. The predicted molar refractivity (Wildman–Crippen MR) is 112 cm³/mol. The van der Waals surface area contributed by atoms with E-state index in [0.29, 0.717) is 12.8 Å². The Morgan fingerprint density at radius 1 is 0.519 bits per heavy atom. The minimum atomic E-state index is -1.58. The highest BCUT2D eigenvalue weighted by Gasteiger charge is 2.45. The lowest BCUT2D eigenvalue weighted by Crippen LogP contribution is -2.39. The summed E-state index contributed by atoms with van der Waals surface area (Å²) in [4.78, 5) is 23.5. The van der Waals surface area contributed by atoms with E-state index in [9.17, 15) is 19.8 Å². The molecule has 0 amide bonds. The molecule has 0 atom stereocenters. The molecule has 27 heavy (non-hydrogen) atoms. The van der Waals surface area contributed by atoms with Crippen LogP contribution < -0.4 is 0 Å². The first-order valence-corrected chi connectivity index (χ1v) is 11.5. The predicted octanol–water partition coefficient (Wildman–Crippen LogP) is 7.20. The highest BCUT2D eigenvalue weighted by Crippen LogP contribution is 2.33. The number of unbranched alkanes of at least 4 members (excludes halogenated alkanes) is 14. The monoisotopic (exact) mass is 384 g/mol. The van der Waals surface area contributed by atoms with Crippen LogP contribution in [0.15, 0.2) is 0 Å². The second-order valence-electron chi connectivity index (χ2n) is 8.14. The Morgan fingerprint density at radius 2 is 0.778 bits per heavy atom. The maximum atomic E-state index is 11.8. The molecule has 0 bridgehead atoms. The fourth-order valence-corrected chi connectivity index (χ4v) is 3.77. The van der Waals surface area contributed by atoms with Crippen molar-refractivity contribution in [3.05, 3.63) is 0 Å². The Labute approximate surface area is 167 Å². The van der Waals surface area contributed by atoms with Crippen molar-refractivity contribution in [3.8, 4) is 0 Å². The molecule has 0 radical (unpaired) electrons. The van der Waals surface area contributed by atoms with E-state index in [0.717, 1.165) is 25.7 Å². The molecular weight excluding hydrogens is 340 g/mol. The second kappa shape index (κ2) is 17.1. The van der Waals surface area contributed by atoms with Crippen LogP contribution in [0.3, 0.4) is 0 Å². The first-order valence-electron chi connectivity index (χ1n) is 11.5. The molecule has 4 nitrogen and oxygen atoms in total. The van der Waals surface area contributed by atoms with Gasteiger partial charge in [0.05, 0.1) is 0 Å². The molecule has 0 heterocycles.